The number of amides is 2. The smallest absolute Gasteiger partial charge is 0.277 e. The van der Waals surface area contributed by atoms with Crippen molar-refractivity contribution in [3.8, 4) is 0 Å². The number of nitrogen functional groups attached to an aromatic ring is 1. The Morgan fingerprint density at radius 2 is 1.94 bits per heavy atom. The van der Waals surface area contributed by atoms with E-state index in [4.69, 9.17) is 10.8 Å². The lowest BCUT2D eigenvalue weighted by molar-refractivity contribution is -0.127. The highest BCUT2D eigenvalue weighted by atomic mass is 16.2. The number of carbonyl (C=O) groups excluding carboxylic acids is 2. The number of anilines is 2. The van der Waals surface area contributed by atoms with Crippen LogP contribution in [0.1, 0.15) is 59.9 Å². The molecule has 36 heavy (non-hydrogen) atoms. The summed E-state index contributed by atoms with van der Waals surface area (Å²) in [6.45, 7) is 10.2. The van der Waals surface area contributed by atoms with Crippen LogP contribution < -0.4 is 11.1 Å². The molecule has 1 unspecified atom stereocenters. The standard InChI is InChI=1S/C26H36N8O2/c1-15(2)33-11-7-8-19(13-33)34-25-22(24(27)28-14-29-25)23(31-34)26(36)30-20-10-9-18(16(3)17(20)4)12-21(35)32(5)6/h9-10,14-15,19H,7-8,11-13H2,1-6H3,(H,30,36)(H2,27,28,29). The van der Waals surface area contributed by atoms with Crippen molar-refractivity contribution in [3.05, 3.63) is 40.8 Å². The Morgan fingerprint density at radius 3 is 2.64 bits per heavy atom. The number of carbonyl (C=O) groups is 2. The second kappa shape index (κ2) is 10.2. The Kier molecular flexibility index (Phi) is 7.26. The van der Waals surface area contributed by atoms with Gasteiger partial charge in [0.15, 0.2) is 11.3 Å². The predicted molar refractivity (Wildman–Crippen MR) is 141 cm³/mol. The number of nitrogens with one attached hydrogen (secondary N) is 1. The highest BCUT2D eigenvalue weighted by Crippen LogP contribution is 2.30. The average molecular weight is 493 g/mol. The molecule has 10 heteroatoms. The van der Waals surface area contributed by atoms with E-state index in [9.17, 15) is 9.59 Å². The summed E-state index contributed by atoms with van der Waals surface area (Å²) in [4.78, 5) is 38.3. The lowest BCUT2D eigenvalue weighted by Gasteiger charge is -2.35. The number of aromatic nitrogens is 4. The molecule has 1 aliphatic rings. The summed E-state index contributed by atoms with van der Waals surface area (Å²) in [5.41, 5.74) is 10.5. The number of hydrogen-bond acceptors (Lipinski definition) is 7. The van der Waals surface area contributed by atoms with E-state index in [-0.39, 0.29) is 29.4 Å². The van der Waals surface area contributed by atoms with Gasteiger partial charge in [-0.2, -0.15) is 5.10 Å². The minimum absolute atomic E-state index is 0.0283. The molecule has 192 valence electrons. The van der Waals surface area contributed by atoms with Gasteiger partial charge < -0.3 is 16.0 Å². The third kappa shape index (κ3) is 4.90. The maximum Gasteiger partial charge on any atom is 0.277 e. The maximum absolute atomic E-state index is 13.5. The molecule has 0 radical (unpaired) electrons. The van der Waals surface area contributed by atoms with Crippen LogP contribution in [0.5, 0.6) is 0 Å². The first kappa shape index (κ1) is 25.6. The van der Waals surface area contributed by atoms with Gasteiger partial charge in [-0.3, -0.25) is 14.5 Å². The van der Waals surface area contributed by atoms with Crippen molar-refractivity contribution in [3.63, 3.8) is 0 Å². The molecule has 3 N–H and O–H groups in total. The van der Waals surface area contributed by atoms with E-state index in [2.05, 4.69) is 34.0 Å². The molecule has 1 fully saturated rings. The van der Waals surface area contributed by atoms with Crippen LogP contribution in [0.3, 0.4) is 0 Å². The first-order valence-electron chi connectivity index (χ1n) is 12.4. The van der Waals surface area contributed by atoms with Crippen LogP contribution in [-0.4, -0.2) is 74.6 Å². The summed E-state index contributed by atoms with van der Waals surface area (Å²) in [6.07, 6.45) is 3.73. The number of benzene rings is 1. The van der Waals surface area contributed by atoms with Gasteiger partial charge in [-0.05, 0) is 69.8 Å². The maximum atomic E-state index is 13.5. The van der Waals surface area contributed by atoms with Crippen molar-refractivity contribution in [1.82, 2.24) is 29.5 Å². The fourth-order valence-electron chi connectivity index (χ4n) is 4.77. The van der Waals surface area contributed by atoms with Crippen molar-refractivity contribution in [2.24, 2.45) is 0 Å². The highest BCUT2D eigenvalue weighted by Gasteiger charge is 2.29. The fraction of sp³-hybridized carbons (Fsp3) is 0.500. The number of likely N-dealkylation sites (N-methyl/N-ethyl adjacent to an activating group) is 1. The van der Waals surface area contributed by atoms with Crippen LogP contribution in [0.25, 0.3) is 11.0 Å². The Hall–Kier alpha value is -3.53. The van der Waals surface area contributed by atoms with E-state index in [1.807, 2.05) is 30.7 Å². The first-order valence-corrected chi connectivity index (χ1v) is 12.4. The van der Waals surface area contributed by atoms with E-state index in [0.717, 1.165) is 42.6 Å². The van der Waals surface area contributed by atoms with Gasteiger partial charge in [-0.25, -0.2) is 14.6 Å². The molecule has 1 aromatic carbocycles. The normalized spacial score (nSPS) is 16.5. The van der Waals surface area contributed by atoms with Gasteiger partial charge in [-0.15, -0.1) is 0 Å². The SMILES string of the molecule is Cc1c(CC(=O)N(C)C)ccc(NC(=O)c2nn(C3CCCN(C(C)C)C3)c3ncnc(N)c23)c1C. The Morgan fingerprint density at radius 1 is 1.19 bits per heavy atom. The second-order valence-electron chi connectivity index (χ2n) is 10.1. The minimum Gasteiger partial charge on any atom is -0.383 e. The molecule has 0 bridgehead atoms. The molecule has 3 heterocycles. The second-order valence-corrected chi connectivity index (χ2v) is 10.1. The predicted octanol–water partition coefficient (Wildman–Crippen LogP) is 2.95. The summed E-state index contributed by atoms with van der Waals surface area (Å²) >= 11 is 0. The third-order valence-electron chi connectivity index (χ3n) is 7.23. The average Bonchev–Trinajstić information content (AvgIpc) is 3.25. The molecule has 4 rings (SSSR count). The number of nitrogens with zero attached hydrogens (tertiary/aromatic N) is 6. The third-order valence-corrected chi connectivity index (χ3v) is 7.23. The Labute approximate surface area is 211 Å². The first-order chi connectivity index (χ1) is 17.1. The minimum atomic E-state index is -0.364. The zero-order valence-electron chi connectivity index (χ0n) is 22.0. The lowest BCUT2D eigenvalue weighted by Crippen LogP contribution is -2.41. The summed E-state index contributed by atoms with van der Waals surface area (Å²) in [6, 6.07) is 4.24. The van der Waals surface area contributed by atoms with Crippen LogP contribution in [0, 0.1) is 13.8 Å². The number of fused-ring (bicyclic) bond motifs is 1. The van der Waals surface area contributed by atoms with Gasteiger partial charge in [0.05, 0.1) is 17.8 Å². The summed E-state index contributed by atoms with van der Waals surface area (Å²) in [5.74, 6) is -0.102. The lowest BCUT2D eigenvalue weighted by atomic mass is 9.98. The van der Waals surface area contributed by atoms with Gasteiger partial charge >= 0.3 is 0 Å². The topological polar surface area (TPSA) is 122 Å². The molecule has 3 aromatic rings. The quantitative estimate of drug-likeness (QED) is 0.542. The molecule has 1 aliphatic heterocycles. The molecule has 0 aliphatic carbocycles. The van der Waals surface area contributed by atoms with Gasteiger partial charge in [0, 0.05) is 32.4 Å². The van der Waals surface area contributed by atoms with Crippen molar-refractivity contribution in [2.75, 3.05) is 38.2 Å². The molecule has 0 saturated carbocycles. The van der Waals surface area contributed by atoms with Crippen LogP contribution in [0.4, 0.5) is 11.5 Å². The summed E-state index contributed by atoms with van der Waals surface area (Å²) in [7, 11) is 3.48. The van der Waals surface area contributed by atoms with E-state index in [0.29, 0.717) is 29.2 Å². The van der Waals surface area contributed by atoms with Crippen LogP contribution in [-0.2, 0) is 11.2 Å². The highest BCUT2D eigenvalue weighted by molar-refractivity contribution is 6.13. The molecular formula is C26H36N8O2. The molecule has 2 amide bonds. The van der Waals surface area contributed by atoms with Crippen LogP contribution in [0.15, 0.2) is 18.5 Å². The Balaban J connectivity index is 1.66. The molecular weight excluding hydrogens is 456 g/mol. The monoisotopic (exact) mass is 492 g/mol. The van der Waals surface area contributed by atoms with Crippen molar-refractivity contribution < 1.29 is 9.59 Å². The van der Waals surface area contributed by atoms with E-state index >= 15 is 0 Å². The van der Waals surface area contributed by atoms with Crippen LogP contribution in [0.2, 0.25) is 0 Å². The van der Waals surface area contributed by atoms with Crippen molar-refractivity contribution in [1.29, 1.82) is 0 Å². The van der Waals surface area contributed by atoms with Crippen molar-refractivity contribution >= 4 is 34.4 Å². The van der Waals surface area contributed by atoms with Gasteiger partial charge in [0.2, 0.25) is 5.91 Å². The number of nitrogens with two attached hydrogens (primary N) is 1. The van der Waals surface area contributed by atoms with E-state index in [1.165, 1.54) is 6.33 Å². The number of rotatable bonds is 6. The summed E-state index contributed by atoms with van der Waals surface area (Å²) in [5, 5.41) is 8.21. The number of hydrogen-bond donors (Lipinski definition) is 2. The molecule has 2 aromatic heterocycles. The fourth-order valence-corrected chi connectivity index (χ4v) is 4.77. The molecule has 1 saturated heterocycles. The summed E-state index contributed by atoms with van der Waals surface area (Å²) < 4.78 is 1.85. The largest absolute Gasteiger partial charge is 0.383 e. The molecule has 0 spiro atoms. The van der Waals surface area contributed by atoms with E-state index < -0.39 is 0 Å². The number of likely N-dealkylation sites (tertiary alicyclic amines) is 1. The van der Waals surface area contributed by atoms with Crippen LogP contribution >= 0.6 is 0 Å². The zero-order chi connectivity index (χ0) is 26.1. The molecule has 10 nitrogen and oxygen atoms in total. The molecule has 1 atom stereocenters. The van der Waals surface area contributed by atoms with Gasteiger partial charge in [0.1, 0.15) is 12.1 Å². The van der Waals surface area contributed by atoms with Gasteiger partial charge in [-0.1, -0.05) is 6.07 Å². The Bertz CT molecular complexity index is 1300. The van der Waals surface area contributed by atoms with Gasteiger partial charge in [0.25, 0.3) is 5.91 Å². The van der Waals surface area contributed by atoms with E-state index in [1.54, 1.807) is 19.0 Å². The zero-order valence-corrected chi connectivity index (χ0v) is 22.0. The number of piperidine rings is 1. The van der Waals surface area contributed by atoms with Crippen molar-refractivity contribution in [2.45, 2.75) is 59.0 Å².